The zero-order chi connectivity index (χ0) is 6.69. The van der Waals surface area contributed by atoms with Gasteiger partial charge in [-0.1, -0.05) is 12.2 Å². The topological polar surface area (TPSA) is 52.5 Å². The molecule has 0 bridgehead atoms. The molecule has 1 aromatic heterocycles. The number of H-pyrrole nitrogens is 1. The fourth-order valence-electron chi connectivity index (χ4n) is 0.475. The lowest BCUT2D eigenvalue weighted by molar-refractivity contribution is 1.08. The molecule has 0 spiro atoms. The van der Waals surface area contributed by atoms with Gasteiger partial charge in [0.25, 0.3) is 0 Å². The molecule has 0 radical (unpaired) electrons. The van der Waals surface area contributed by atoms with Crippen LogP contribution in [-0.2, 0) is 0 Å². The third kappa shape index (κ3) is 0.952. The standard InChI is InChI=1S/C5H3N3S/c6-1-4-2-7-8-5(4)3-9/h2-3H,(H,7,8). The normalized spacial score (nSPS) is 8.33. The summed E-state index contributed by atoms with van der Waals surface area (Å²) in [5.41, 5.74) is 1.09. The molecule has 0 saturated heterocycles. The van der Waals surface area contributed by atoms with E-state index in [2.05, 4.69) is 22.4 Å². The van der Waals surface area contributed by atoms with Crippen molar-refractivity contribution in [2.75, 3.05) is 0 Å². The number of nitrogens with zero attached hydrogens (tertiary/aromatic N) is 2. The molecule has 9 heavy (non-hydrogen) atoms. The number of hydrogen-bond acceptors (Lipinski definition) is 3. The van der Waals surface area contributed by atoms with Gasteiger partial charge in [0.15, 0.2) is 0 Å². The van der Waals surface area contributed by atoms with E-state index in [1.165, 1.54) is 11.6 Å². The van der Waals surface area contributed by atoms with Gasteiger partial charge in [-0.2, -0.15) is 10.4 Å². The van der Waals surface area contributed by atoms with Crippen LogP contribution in [0.1, 0.15) is 11.3 Å². The smallest absolute Gasteiger partial charge is 0.103 e. The summed E-state index contributed by atoms with van der Waals surface area (Å²) in [6.45, 7) is 0. The number of nitriles is 1. The van der Waals surface area contributed by atoms with Crippen molar-refractivity contribution >= 4 is 17.6 Å². The van der Waals surface area contributed by atoms with Crippen LogP contribution in [0.15, 0.2) is 6.20 Å². The van der Waals surface area contributed by atoms with Gasteiger partial charge in [-0.15, -0.1) is 0 Å². The molecule has 1 aromatic rings. The molecule has 44 valence electrons. The SMILES string of the molecule is N#Cc1cn[nH]c1C=S. The van der Waals surface area contributed by atoms with Gasteiger partial charge in [0.1, 0.15) is 6.07 Å². The van der Waals surface area contributed by atoms with Gasteiger partial charge < -0.3 is 0 Å². The van der Waals surface area contributed by atoms with Crippen LogP contribution in [0.2, 0.25) is 0 Å². The molecule has 0 saturated carbocycles. The van der Waals surface area contributed by atoms with E-state index in [0.717, 1.165) is 0 Å². The molecule has 3 nitrogen and oxygen atoms in total. The Kier molecular flexibility index (Phi) is 1.56. The number of aromatic amines is 1. The largest absolute Gasteiger partial charge is 0.276 e. The first-order valence-electron chi connectivity index (χ1n) is 2.27. The highest BCUT2D eigenvalue weighted by Gasteiger charge is 1.97. The van der Waals surface area contributed by atoms with Crippen molar-refractivity contribution in [3.8, 4) is 6.07 Å². The molecule has 0 fully saturated rings. The van der Waals surface area contributed by atoms with Crippen LogP contribution in [0.3, 0.4) is 0 Å². The van der Waals surface area contributed by atoms with Gasteiger partial charge in [-0.05, 0) is 0 Å². The minimum absolute atomic E-state index is 0.491. The molecule has 4 heteroatoms. The summed E-state index contributed by atoms with van der Waals surface area (Å²) in [5.74, 6) is 0. The molecular formula is C5H3N3S. The summed E-state index contributed by atoms with van der Waals surface area (Å²) < 4.78 is 0. The Morgan fingerprint density at radius 2 is 2.67 bits per heavy atom. The quantitative estimate of drug-likeness (QED) is 0.577. The Hall–Kier alpha value is -1.21. The number of rotatable bonds is 1. The lowest BCUT2D eigenvalue weighted by Gasteiger charge is -1.77. The van der Waals surface area contributed by atoms with Crippen molar-refractivity contribution in [2.24, 2.45) is 0 Å². The van der Waals surface area contributed by atoms with Crippen molar-refractivity contribution in [3.63, 3.8) is 0 Å². The van der Waals surface area contributed by atoms with Crippen LogP contribution < -0.4 is 0 Å². The van der Waals surface area contributed by atoms with E-state index in [9.17, 15) is 0 Å². The lowest BCUT2D eigenvalue weighted by Crippen LogP contribution is -1.80. The first kappa shape index (κ1) is 5.92. The zero-order valence-corrected chi connectivity index (χ0v) is 5.27. The van der Waals surface area contributed by atoms with Gasteiger partial charge in [0, 0.05) is 5.37 Å². The Morgan fingerprint density at radius 3 is 3.11 bits per heavy atom. The maximum absolute atomic E-state index is 8.36. The van der Waals surface area contributed by atoms with E-state index in [4.69, 9.17) is 5.26 Å². The van der Waals surface area contributed by atoms with Gasteiger partial charge in [-0.3, -0.25) is 5.10 Å². The molecule has 0 aliphatic heterocycles. The summed E-state index contributed by atoms with van der Waals surface area (Å²) in [7, 11) is 0. The second-order valence-electron chi connectivity index (χ2n) is 1.43. The summed E-state index contributed by atoms with van der Waals surface area (Å²) in [5, 5.41) is 15.9. The van der Waals surface area contributed by atoms with E-state index >= 15 is 0 Å². The Balaban J connectivity index is 3.17. The fraction of sp³-hybridized carbons (Fsp3) is 0. The van der Waals surface area contributed by atoms with Crippen LogP contribution in [0.5, 0.6) is 0 Å². The van der Waals surface area contributed by atoms with Crippen molar-refractivity contribution < 1.29 is 0 Å². The van der Waals surface area contributed by atoms with Crippen LogP contribution >= 0.6 is 12.2 Å². The maximum atomic E-state index is 8.36. The molecule has 0 aliphatic carbocycles. The van der Waals surface area contributed by atoms with E-state index in [1.54, 1.807) is 0 Å². The van der Waals surface area contributed by atoms with Gasteiger partial charge in [-0.25, -0.2) is 0 Å². The Labute approximate surface area is 57.3 Å². The highest BCUT2D eigenvalue weighted by Crippen LogP contribution is 1.97. The van der Waals surface area contributed by atoms with Crippen molar-refractivity contribution in [1.29, 1.82) is 5.26 Å². The third-order valence-corrected chi connectivity index (χ3v) is 1.14. The fourth-order valence-corrected chi connectivity index (χ4v) is 0.655. The van der Waals surface area contributed by atoms with Crippen molar-refractivity contribution in [2.45, 2.75) is 0 Å². The minimum atomic E-state index is 0.491. The zero-order valence-electron chi connectivity index (χ0n) is 4.46. The second kappa shape index (κ2) is 2.37. The third-order valence-electron chi connectivity index (χ3n) is 0.907. The summed E-state index contributed by atoms with van der Waals surface area (Å²) in [6, 6.07) is 1.93. The van der Waals surface area contributed by atoms with Gasteiger partial charge in [0.2, 0.25) is 0 Å². The predicted molar refractivity (Wildman–Crippen MR) is 36.1 cm³/mol. The van der Waals surface area contributed by atoms with Crippen LogP contribution in [0.4, 0.5) is 0 Å². The molecule has 0 aliphatic rings. The molecule has 1 N–H and O–H groups in total. The Morgan fingerprint density at radius 1 is 1.89 bits per heavy atom. The highest BCUT2D eigenvalue weighted by molar-refractivity contribution is 7.79. The average Bonchev–Trinajstić information content (AvgIpc) is 2.33. The first-order valence-corrected chi connectivity index (χ1v) is 2.74. The maximum Gasteiger partial charge on any atom is 0.103 e. The molecular weight excluding hydrogens is 134 g/mol. The van der Waals surface area contributed by atoms with E-state index in [-0.39, 0.29) is 0 Å². The minimum Gasteiger partial charge on any atom is -0.276 e. The number of nitrogens with one attached hydrogen (secondary N) is 1. The highest BCUT2D eigenvalue weighted by atomic mass is 32.1. The summed E-state index contributed by atoms with van der Waals surface area (Å²) >= 11 is 4.58. The summed E-state index contributed by atoms with van der Waals surface area (Å²) in [6.07, 6.45) is 1.44. The van der Waals surface area contributed by atoms with Crippen LogP contribution in [0.25, 0.3) is 0 Å². The van der Waals surface area contributed by atoms with E-state index in [0.29, 0.717) is 11.3 Å². The van der Waals surface area contributed by atoms with Crippen LogP contribution in [-0.4, -0.2) is 15.6 Å². The molecule has 0 atom stereocenters. The molecule has 1 heterocycles. The average molecular weight is 137 g/mol. The summed E-state index contributed by atoms with van der Waals surface area (Å²) in [4.78, 5) is 0. The molecule has 1 rings (SSSR count). The second-order valence-corrected chi connectivity index (χ2v) is 1.66. The van der Waals surface area contributed by atoms with E-state index < -0.39 is 0 Å². The van der Waals surface area contributed by atoms with E-state index in [1.807, 2.05) is 6.07 Å². The number of aromatic nitrogens is 2. The van der Waals surface area contributed by atoms with Crippen molar-refractivity contribution in [3.05, 3.63) is 17.5 Å². The molecule has 0 unspecified atom stereocenters. The van der Waals surface area contributed by atoms with Crippen LogP contribution in [0, 0.1) is 11.3 Å². The first-order chi connectivity index (χ1) is 4.38. The van der Waals surface area contributed by atoms with Gasteiger partial charge >= 0.3 is 0 Å². The predicted octanol–water partition coefficient (Wildman–Crippen LogP) is 0.629. The number of thiocarbonyl (C=S) groups is 1. The number of hydrogen-bond donors (Lipinski definition) is 1. The van der Waals surface area contributed by atoms with Crippen molar-refractivity contribution in [1.82, 2.24) is 10.2 Å². The lowest BCUT2D eigenvalue weighted by atomic mass is 10.3. The molecule has 0 aromatic carbocycles. The van der Waals surface area contributed by atoms with Gasteiger partial charge in [0.05, 0.1) is 17.5 Å². The Bertz CT molecular complexity index is 257. The molecule has 0 amide bonds. The monoisotopic (exact) mass is 137 g/mol.